The molecule has 158 valence electrons. The van der Waals surface area contributed by atoms with Crippen LogP contribution in [0.4, 0.5) is 4.39 Å². The quantitative estimate of drug-likeness (QED) is 0.664. The number of aliphatic hydroxyl groups is 2. The second-order valence-corrected chi connectivity index (χ2v) is 9.74. The van der Waals surface area contributed by atoms with Crippen molar-refractivity contribution in [3.8, 4) is 0 Å². The minimum absolute atomic E-state index is 0.0551. The van der Waals surface area contributed by atoms with Crippen molar-refractivity contribution in [2.75, 3.05) is 6.61 Å². The highest BCUT2D eigenvalue weighted by Gasteiger charge is 2.45. The van der Waals surface area contributed by atoms with E-state index >= 15 is 0 Å². The summed E-state index contributed by atoms with van der Waals surface area (Å²) in [7, 11) is -4.11. The molecule has 0 aromatic heterocycles. The SMILES string of the molecule is Cc1ccc(S[C@@H]2O[C@H](COS(=O)(=O)c3ccc(C)cc3)[C@@H](F)[C@H](O)[C@H]2O)cc1. The molecule has 2 aromatic carbocycles. The molecule has 0 radical (unpaired) electrons. The van der Waals surface area contributed by atoms with Gasteiger partial charge in [-0.1, -0.05) is 47.2 Å². The normalized spacial score (nSPS) is 27.7. The van der Waals surface area contributed by atoms with Gasteiger partial charge in [-0.25, -0.2) is 4.39 Å². The van der Waals surface area contributed by atoms with Crippen LogP contribution in [-0.4, -0.2) is 55.2 Å². The summed E-state index contributed by atoms with van der Waals surface area (Å²) in [5.74, 6) is 0. The number of rotatable bonds is 6. The molecule has 1 aliphatic rings. The van der Waals surface area contributed by atoms with Crippen LogP contribution in [0, 0.1) is 13.8 Å². The standard InChI is InChI=1S/C20H23FO6S2/c1-12-3-7-14(8-4-12)28-20-19(23)18(22)17(21)16(27-20)11-26-29(24,25)15-9-5-13(2)6-10-15/h3-10,16-20,22-23H,11H2,1-2H3/t16-,17-,18+,19-,20+/m1/s1. The number of hydrogen-bond acceptors (Lipinski definition) is 7. The van der Waals surface area contributed by atoms with Crippen molar-refractivity contribution in [2.24, 2.45) is 0 Å². The number of aryl methyl sites for hydroxylation is 2. The van der Waals surface area contributed by atoms with Gasteiger partial charge in [0, 0.05) is 4.90 Å². The number of benzene rings is 2. The highest BCUT2D eigenvalue weighted by Crippen LogP contribution is 2.34. The number of aliphatic hydroxyl groups excluding tert-OH is 2. The molecule has 9 heteroatoms. The van der Waals surface area contributed by atoms with E-state index in [9.17, 15) is 23.0 Å². The third-order valence-corrected chi connectivity index (χ3v) is 7.05. The van der Waals surface area contributed by atoms with Crippen LogP contribution in [0.15, 0.2) is 58.3 Å². The predicted molar refractivity (Wildman–Crippen MR) is 107 cm³/mol. The molecule has 0 unspecified atom stereocenters. The smallest absolute Gasteiger partial charge is 0.297 e. The van der Waals surface area contributed by atoms with E-state index in [-0.39, 0.29) is 4.90 Å². The summed E-state index contributed by atoms with van der Waals surface area (Å²) in [4.78, 5) is 0.705. The number of hydrogen-bond donors (Lipinski definition) is 2. The lowest BCUT2D eigenvalue weighted by Crippen LogP contribution is -2.56. The van der Waals surface area contributed by atoms with Gasteiger partial charge in [-0.2, -0.15) is 8.42 Å². The van der Waals surface area contributed by atoms with Crippen LogP contribution in [0.25, 0.3) is 0 Å². The first-order valence-corrected chi connectivity index (χ1v) is 11.3. The van der Waals surface area contributed by atoms with Crippen molar-refractivity contribution in [2.45, 2.75) is 53.6 Å². The molecule has 1 saturated heterocycles. The maximum absolute atomic E-state index is 14.5. The van der Waals surface area contributed by atoms with Gasteiger partial charge < -0.3 is 14.9 Å². The predicted octanol–water partition coefficient (Wildman–Crippen LogP) is 2.59. The van der Waals surface area contributed by atoms with Gasteiger partial charge in [0.15, 0.2) is 6.17 Å². The van der Waals surface area contributed by atoms with Crippen molar-refractivity contribution in [1.82, 2.24) is 0 Å². The van der Waals surface area contributed by atoms with Crippen molar-refractivity contribution in [1.29, 1.82) is 0 Å². The van der Waals surface area contributed by atoms with Crippen LogP contribution in [0.3, 0.4) is 0 Å². The zero-order valence-electron chi connectivity index (χ0n) is 15.9. The summed E-state index contributed by atoms with van der Waals surface area (Å²) in [6.45, 7) is 3.13. The molecule has 3 rings (SSSR count). The van der Waals surface area contributed by atoms with E-state index in [0.717, 1.165) is 27.8 Å². The molecule has 1 heterocycles. The highest BCUT2D eigenvalue weighted by atomic mass is 32.2. The number of thioether (sulfide) groups is 1. The minimum atomic E-state index is -4.11. The van der Waals surface area contributed by atoms with Gasteiger partial charge in [-0.3, -0.25) is 4.18 Å². The first kappa shape index (κ1) is 22.2. The molecule has 2 N–H and O–H groups in total. The van der Waals surface area contributed by atoms with Crippen molar-refractivity contribution < 1.29 is 31.9 Å². The molecule has 2 aromatic rings. The lowest BCUT2D eigenvalue weighted by Gasteiger charge is -2.38. The Morgan fingerprint density at radius 2 is 1.55 bits per heavy atom. The second-order valence-electron chi connectivity index (χ2n) is 6.95. The van der Waals surface area contributed by atoms with E-state index in [4.69, 9.17) is 8.92 Å². The molecule has 5 atom stereocenters. The molecule has 1 aliphatic heterocycles. The molecule has 0 aliphatic carbocycles. The third-order valence-electron chi connectivity index (χ3n) is 4.59. The first-order valence-electron chi connectivity index (χ1n) is 9.02. The maximum atomic E-state index is 14.5. The molecular weight excluding hydrogens is 419 g/mol. The van der Waals surface area contributed by atoms with Crippen LogP contribution < -0.4 is 0 Å². The van der Waals surface area contributed by atoms with Gasteiger partial charge in [0.2, 0.25) is 0 Å². The summed E-state index contributed by atoms with van der Waals surface area (Å²) in [5.41, 5.74) is 0.961. The Kier molecular flexibility index (Phi) is 6.98. The molecule has 29 heavy (non-hydrogen) atoms. The lowest BCUT2D eigenvalue weighted by molar-refractivity contribution is -0.182. The Bertz CT molecular complexity index is 917. The Morgan fingerprint density at radius 1 is 1.00 bits per heavy atom. The number of ether oxygens (including phenoxy) is 1. The second kappa shape index (κ2) is 9.11. The van der Waals surface area contributed by atoms with E-state index in [0.29, 0.717) is 0 Å². The molecule has 6 nitrogen and oxygen atoms in total. The average Bonchev–Trinajstić information content (AvgIpc) is 2.69. The van der Waals surface area contributed by atoms with Gasteiger partial charge in [-0.05, 0) is 38.1 Å². The molecule has 0 saturated carbocycles. The van der Waals surface area contributed by atoms with Gasteiger partial charge in [-0.15, -0.1) is 0 Å². The first-order chi connectivity index (χ1) is 13.7. The number of alkyl halides is 1. The van der Waals surface area contributed by atoms with E-state index < -0.39 is 46.6 Å². The Hall–Kier alpha value is -1.49. The minimum Gasteiger partial charge on any atom is -0.387 e. The van der Waals surface area contributed by atoms with Gasteiger partial charge in [0.05, 0.1) is 11.5 Å². The van der Waals surface area contributed by atoms with E-state index in [2.05, 4.69) is 0 Å². The van der Waals surface area contributed by atoms with Crippen molar-refractivity contribution >= 4 is 21.9 Å². The molecule has 1 fully saturated rings. The summed E-state index contributed by atoms with van der Waals surface area (Å²) in [6, 6.07) is 13.4. The Balaban J connectivity index is 1.69. The fourth-order valence-corrected chi connectivity index (χ4v) is 4.79. The van der Waals surface area contributed by atoms with E-state index in [1.165, 1.54) is 12.1 Å². The average molecular weight is 443 g/mol. The van der Waals surface area contributed by atoms with Crippen LogP contribution in [0.2, 0.25) is 0 Å². The van der Waals surface area contributed by atoms with E-state index in [1.54, 1.807) is 12.1 Å². The highest BCUT2D eigenvalue weighted by molar-refractivity contribution is 7.99. The van der Waals surface area contributed by atoms with Crippen molar-refractivity contribution in [3.63, 3.8) is 0 Å². The molecular formula is C20H23FO6S2. The maximum Gasteiger partial charge on any atom is 0.297 e. The summed E-state index contributed by atoms with van der Waals surface area (Å²) in [5, 5.41) is 20.2. The Labute approximate surface area is 173 Å². The monoisotopic (exact) mass is 442 g/mol. The fraction of sp³-hybridized carbons (Fsp3) is 0.400. The van der Waals surface area contributed by atoms with Crippen LogP contribution in [-0.2, 0) is 19.0 Å². The van der Waals surface area contributed by atoms with Crippen LogP contribution in [0.5, 0.6) is 0 Å². The fourth-order valence-electron chi connectivity index (χ4n) is 2.81. The third kappa shape index (κ3) is 5.36. The number of halogens is 1. The van der Waals surface area contributed by atoms with Gasteiger partial charge in [0.1, 0.15) is 23.7 Å². The molecule has 0 amide bonds. The van der Waals surface area contributed by atoms with Crippen LogP contribution >= 0.6 is 11.8 Å². The lowest BCUT2D eigenvalue weighted by atomic mass is 10.0. The summed E-state index contributed by atoms with van der Waals surface area (Å²) < 4.78 is 49.6. The molecule has 0 spiro atoms. The zero-order chi connectivity index (χ0) is 21.2. The summed E-state index contributed by atoms with van der Waals surface area (Å²) in [6.07, 6.45) is -6.53. The van der Waals surface area contributed by atoms with E-state index in [1.807, 2.05) is 38.1 Å². The molecule has 0 bridgehead atoms. The summed E-state index contributed by atoms with van der Waals surface area (Å²) >= 11 is 1.12. The van der Waals surface area contributed by atoms with Crippen molar-refractivity contribution in [3.05, 3.63) is 59.7 Å². The largest absolute Gasteiger partial charge is 0.387 e. The Morgan fingerprint density at radius 3 is 2.14 bits per heavy atom. The van der Waals surface area contributed by atoms with Gasteiger partial charge >= 0.3 is 0 Å². The topological polar surface area (TPSA) is 93.1 Å². The zero-order valence-corrected chi connectivity index (χ0v) is 17.6. The van der Waals surface area contributed by atoms with Crippen LogP contribution in [0.1, 0.15) is 11.1 Å². The van der Waals surface area contributed by atoms with Gasteiger partial charge in [0.25, 0.3) is 10.1 Å².